The van der Waals surface area contributed by atoms with Gasteiger partial charge in [-0.3, -0.25) is 4.79 Å². The molecule has 106 valence electrons. The zero-order valence-electron chi connectivity index (χ0n) is 12.0. The predicted octanol–water partition coefficient (Wildman–Crippen LogP) is 1.14. The number of amides is 1. The van der Waals surface area contributed by atoms with Crippen molar-refractivity contribution in [3.8, 4) is 0 Å². The van der Waals surface area contributed by atoms with Gasteiger partial charge in [0.25, 0.3) is 5.91 Å². The molecule has 0 spiro atoms. The first-order valence-corrected chi connectivity index (χ1v) is 6.37. The Morgan fingerprint density at radius 2 is 2.11 bits per heavy atom. The van der Waals surface area contributed by atoms with Crippen LogP contribution in [0.4, 0.5) is 5.82 Å². The van der Waals surface area contributed by atoms with Crippen molar-refractivity contribution in [3.63, 3.8) is 0 Å². The number of nitrogens with one attached hydrogen (secondary N) is 1. The number of aromatic nitrogens is 2. The lowest BCUT2D eigenvalue weighted by molar-refractivity contribution is 0.0364. The molecule has 0 saturated carbocycles. The van der Waals surface area contributed by atoms with E-state index in [4.69, 9.17) is 0 Å². The molecule has 1 amide bonds. The minimum Gasteiger partial charge on any atom is -0.389 e. The Labute approximate surface area is 113 Å². The summed E-state index contributed by atoms with van der Waals surface area (Å²) >= 11 is 0. The maximum Gasteiger partial charge on any atom is 0.273 e. The molecule has 0 aliphatic rings. The van der Waals surface area contributed by atoms with E-state index in [0.29, 0.717) is 5.82 Å². The Morgan fingerprint density at radius 1 is 1.42 bits per heavy atom. The molecule has 0 fully saturated rings. The van der Waals surface area contributed by atoms with Crippen LogP contribution in [0.3, 0.4) is 0 Å². The van der Waals surface area contributed by atoms with Gasteiger partial charge in [0.2, 0.25) is 0 Å². The summed E-state index contributed by atoms with van der Waals surface area (Å²) in [6.45, 7) is 6.42. The van der Waals surface area contributed by atoms with Gasteiger partial charge in [-0.05, 0) is 20.3 Å². The van der Waals surface area contributed by atoms with Gasteiger partial charge in [-0.2, -0.15) is 0 Å². The largest absolute Gasteiger partial charge is 0.389 e. The molecule has 1 rings (SSSR count). The molecule has 0 aliphatic heterocycles. The van der Waals surface area contributed by atoms with Crippen molar-refractivity contribution in [3.05, 3.63) is 18.1 Å². The second-order valence-electron chi connectivity index (χ2n) is 5.19. The van der Waals surface area contributed by atoms with Crippen molar-refractivity contribution in [1.29, 1.82) is 0 Å². The number of hydrogen-bond donors (Lipinski definition) is 2. The molecule has 2 N–H and O–H groups in total. The summed E-state index contributed by atoms with van der Waals surface area (Å²) in [5, 5.41) is 12.8. The first-order chi connectivity index (χ1) is 8.83. The van der Waals surface area contributed by atoms with E-state index in [0.717, 1.165) is 13.0 Å². The topological polar surface area (TPSA) is 78.4 Å². The molecule has 0 saturated heterocycles. The summed E-state index contributed by atoms with van der Waals surface area (Å²) in [5.74, 6) is 0.403. The summed E-state index contributed by atoms with van der Waals surface area (Å²) in [6, 6.07) is 0. The van der Waals surface area contributed by atoms with Crippen molar-refractivity contribution in [2.24, 2.45) is 0 Å². The molecule has 6 nitrogen and oxygen atoms in total. The number of rotatable bonds is 6. The Balaban J connectivity index is 2.67. The van der Waals surface area contributed by atoms with Crippen molar-refractivity contribution in [2.75, 3.05) is 25.5 Å². The molecule has 0 radical (unpaired) electrons. The Morgan fingerprint density at radius 3 is 2.58 bits per heavy atom. The van der Waals surface area contributed by atoms with E-state index < -0.39 is 5.60 Å². The SMILES string of the molecule is CCCNc1cnc(C(=O)N(C)CC(C)(C)O)cn1. The molecule has 0 atom stereocenters. The molecular formula is C13H22N4O2. The van der Waals surface area contributed by atoms with Crippen molar-refractivity contribution >= 4 is 11.7 Å². The zero-order valence-corrected chi connectivity index (χ0v) is 12.0. The van der Waals surface area contributed by atoms with Gasteiger partial charge in [0.15, 0.2) is 0 Å². The fourth-order valence-electron chi connectivity index (χ4n) is 1.63. The van der Waals surface area contributed by atoms with Crippen LogP contribution < -0.4 is 5.32 Å². The van der Waals surface area contributed by atoms with Crippen LogP contribution in [0, 0.1) is 0 Å². The maximum absolute atomic E-state index is 12.0. The molecule has 0 aliphatic carbocycles. The van der Waals surface area contributed by atoms with Crippen LogP contribution in [0.25, 0.3) is 0 Å². The van der Waals surface area contributed by atoms with Crippen LogP contribution in [0.15, 0.2) is 12.4 Å². The second kappa shape index (κ2) is 6.47. The van der Waals surface area contributed by atoms with Gasteiger partial charge < -0.3 is 15.3 Å². The van der Waals surface area contributed by atoms with Crippen LogP contribution >= 0.6 is 0 Å². The Kier molecular flexibility index (Phi) is 5.23. The van der Waals surface area contributed by atoms with Gasteiger partial charge in [0.05, 0.1) is 18.0 Å². The highest BCUT2D eigenvalue weighted by Gasteiger charge is 2.21. The number of aliphatic hydroxyl groups is 1. The third-order valence-electron chi connectivity index (χ3n) is 2.40. The van der Waals surface area contributed by atoms with Crippen LogP contribution in [-0.4, -0.2) is 51.6 Å². The highest BCUT2D eigenvalue weighted by atomic mass is 16.3. The number of carbonyl (C=O) groups excluding carboxylic acids is 1. The first kappa shape index (κ1) is 15.4. The lowest BCUT2D eigenvalue weighted by Gasteiger charge is -2.25. The predicted molar refractivity (Wildman–Crippen MR) is 74.1 cm³/mol. The number of anilines is 1. The van der Waals surface area contributed by atoms with E-state index in [2.05, 4.69) is 22.2 Å². The van der Waals surface area contributed by atoms with E-state index in [9.17, 15) is 9.90 Å². The molecule has 0 aromatic carbocycles. The molecule has 0 bridgehead atoms. The van der Waals surface area contributed by atoms with Gasteiger partial charge in [0, 0.05) is 20.1 Å². The van der Waals surface area contributed by atoms with Gasteiger partial charge >= 0.3 is 0 Å². The van der Waals surface area contributed by atoms with Crippen LogP contribution in [-0.2, 0) is 0 Å². The standard InChI is InChI=1S/C13H22N4O2/c1-5-6-14-11-8-15-10(7-16-11)12(18)17(4)9-13(2,3)19/h7-8,19H,5-6,9H2,1-4H3,(H,14,16). The van der Waals surface area contributed by atoms with E-state index >= 15 is 0 Å². The molecule has 1 heterocycles. The molecule has 0 unspecified atom stereocenters. The highest BCUT2D eigenvalue weighted by Crippen LogP contribution is 2.08. The van der Waals surface area contributed by atoms with Gasteiger partial charge in [0.1, 0.15) is 11.5 Å². The number of carbonyl (C=O) groups is 1. The lowest BCUT2D eigenvalue weighted by atomic mass is 10.1. The summed E-state index contributed by atoms with van der Waals surface area (Å²) in [5.41, 5.74) is -0.658. The minimum absolute atomic E-state index is 0.239. The number of nitrogens with zero attached hydrogens (tertiary/aromatic N) is 3. The number of hydrogen-bond acceptors (Lipinski definition) is 5. The molecule has 19 heavy (non-hydrogen) atoms. The monoisotopic (exact) mass is 266 g/mol. The Hall–Kier alpha value is -1.69. The Bertz CT molecular complexity index is 412. The summed E-state index contributed by atoms with van der Waals surface area (Å²) in [4.78, 5) is 21.7. The highest BCUT2D eigenvalue weighted by molar-refractivity contribution is 5.91. The summed E-state index contributed by atoms with van der Waals surface area (Å²) < 4.78 is 0. The third-order valence-corrected chi connectivity index (χ3v) is 2.40. The van der Waals surface area contributed by atoms with Crippen LogP contribution in [0.2, 0.25) is 0 Å². The normalized spacial score (nSPS) is 11.2. The lowest BCUT2D eigenvalue weighted by Crippen LogP contribution is -2.40. The molecule has 1 aromatic heterocycles. The fourth-order valence-corrected chi connectivity index (χ4v) is 1.63. The quantitative estimate of drug-likeness (QED) is 0.807. The zero-order chi connectivity index (χ0) is 14.5. The first-order valence-electron chi connectivity index (χ1n) is 6.37. The molecular weight excluding hydrogens is 244 g/mol. The molecule has 6 heteroatoms. The average molecular weight is 266 g/mol. The third kappa shape index (κ3) is 5.21. The second-order valence-corrected chi connectivity index (χ2v) is 5.19. The van der Waals surface area contributed by atoms with E-state index in [1.54, 1.807) is 27.1 Å². The average Bonchev–Trinajstić information content (AvgIpc) is 2.34. The molecule has 1 aromatic rings. The van der Waals surface area contributed by atoms with E-state index in [1.807, 2.05) is 0 Å². The van der Waals surface area contributed by atoms with E-state index in [1.165, 1.54) is 11.1 Å². The van der Waals surface area contributed by atoms with Crippen LogP contribution in [0.1, 0.15) is 37.7 Å². The number of likely N-dealkylation sites (N-methyl/N-ethyl adjacent to an activating group) is 1. The maximum atomic E-state index is 12.0. The van der Waals surface area contributed by atoms with Crippen LogP contribution in [0.5, 0.6) is 0 Å². The summed E-state index contributed by atoms with van der Waals surface area (Å²) in [7, 11) is 1.63. The van der Waals surface area contributed by atoms with Crippen molar-refractivity contribution in [2.45, 2.75) is 32.8 Å². The van der Waals surface area contributed by atoms with Gasteiger partial charge in [-0.25, -0.2) is 9.97 Å². The van der Waals surface area contributed by atoms with Gasteiger partial charge in [-0.15, -0.1) is 0 Å². The smallest absolute Gasteiger partial charge is 0.273 e. The minimum atomic E-state index is -0.930. The summed E-state index contributed by atoms with van der Waals surface area (Å²) in [6.07, 6.45) is 3.98. The fraction of sp³-hybridized carbons (Fsp3) is 0.615. The van der Waals surface area contributed by atoms with Gasteiger partial charge in [-0.1, -0.05) is 6.92 Å². The van der Waals surface area contributed by atoms with E-state index in [-0.39, 0.29) is 18.1 Å². The van der Waals surface area contributed by atoms with Crippen molar-refractivity contribution < 1.29 is 9.90 Å². The van der Waals surface area contributed by atoms with Crippen molar-refractivity contribution in [1.82, 2.24) is 14.9 Å².